The zero-order chi connectivity index (χ0) is 27.1. The van der Waals surface area contributed by atoms with Crippen LogP contribution in [0.25, 0.3) is 21.7 Å². The normalized spacial score (nSPS) is 15.4. The van der Waals surface area contributed by atoms with Gasteiger partial charge >= 0.3 is 0 Å². The molecule has 8 nitrogen and oxygen atoms in total. The van der Waals surface area contributed by atoms with Crippen molar-refractivity contribution in [3.63, 3.8) is 0 Å². The molecule has 0 aliphatic carbocycles. The van der Waals surface area contributed by atoms with Crippen molar-refractivity contribution in [2.45, 2.75) is 57.0 Å². The highest BCUT2D eigenvalue weighted by atomic mass is 32.2. The molecular formula is C29H29N5O3S2. The number of nitrogens with zero attached hydrogens (tertiary/aromatic N) is 4. The van der Waals surface area contributed by atoms with Crippen LogP contribution in [0.2, 0.25) is 0 Å². The van der Waals surface area contributed by atoms with Crippen LogP contribution < -0.4 is 10.9 Å². The summed E-state index contributed by atoms with van der Waals surface area (Å²) in [6.07, 6.45) is 1.40. The quantitative estimate of drug-likeness (QED) is 0.289. The van der Waals surface area contributed by atoms with Crippen molar-refractivity contribution in [1.29, 1.82) is 0 Å². The number of para-hydroxylation sites is 1. The molecule has 1 atom stereocenters. The van der Waals surface area contributed by atoms with Gasteiger partial charge in [-0.3, -0.25) is 9.59 Å². The van der Waals surface area contributed by atoms with Gasteiger partial charge in [0.05, 0.1) is 29.0 Å². The summed E-state index contributed by atoms with van der Waals surface area (Å²) in [7, 11) is 0. The lowest BCUT2D eigenvalue weighted by atomic mass is 9.94. The number of benzene rings is 2. The van der Waals surface area contributed by atoms with Gasteiger partial charge in [-0.1, -0.05) is 60.3 Å². The van der Waals surface area contributed by atoms with E-state index in [1.54, 1.807) is 15.9 Å². The second kappa shape index (κ2) is 10.3. The van der Waals surface area contributed by atoms with Crippen molar-refractivity contribution in [3.05, 3.63) is 87.0 Å². The number of amides is 1. The first-order valence-corrected chi connectivity index (χ1v) is 14.7. The molecule has 200 valence electrons. The van der Waals surface area contributed by atoms with Gasteiger partial charge in [0, 0.05) is 17.3 Å². The number of hydrogen-bond acceptors (Lipinski definition) is 7. The van der Waals surface area contributed by atoms with E-state index in [0.29, 0.717) is 29.3 Å². The van der Waals surface area contributed by atoms with Gasteiger partial charge in [-0.05, 0) is 50.5 Å². The van der Waals surface area contributed by atoms with Gasteiger partial charge in [0.2, 0.25) is 11.7 Å². The molecule has 1 N–H and O–H groups in total. The molecule has 0 fully saturated rings. The van der Waals surface area contributed by atoms with Gasteiger partial charge in [0.15, 0.2) is 5.16 Å². The maximum Gasteiger partial charge on any atom is 0.268 e. The van der Waals surface area contributed by atoms with E-state index in [1.165, 1.54) is 17.3 Å². The Bertz CT molecular complexity index is 1720. The molecule has 5 aromatic rings. The minimum Gasteiger partial charge on any atom is -0.370 e. The summed E-state index contributed by atoms with van der Waals surface area (Å²) < 4.78 is 9.60. The average molecular weight is 560 g/mol. The molecule has 0 saturated heterocycles. The molecule has 0 radical (unpaired) electrons. The van der Waals surface area contributed by atoms with Gasteiger partial charge in [0.1, 0.15) is 4.83 Å². The van der Waals surface area contributed by atoms with Crippen LogP contribution in [0.4, 0.5) is 0 Å². The number of thioether (sulfide) groups is 1. The number of hydrogen-bond donors (Lipinski definition) is 1. The molecule has 1 aliphatic heterocycles. The number of carbonyl (C=O) groups excluding carboxylic acids is 1. The lowest BCUT2D eigenvalue weighted by Crippen LogP contribution is -2.35. The summed E-state index contributed by atoms with van der Waals surface area (Å²) in [5.74, 6) is 0.541. The zero-order valence-corrected chi connectivity index (χ0v) is 23.6. The van der Waals surface area contributed by atoms with Crippen molar-refractivity contribution in [2.24, 2.45) is 0 Å². The van der Waals surface area contributed by atoms with Crippen LogP contribution in [0, 0.1) is 0 Å². The molecule has 2 aromatic carbocycles. The molecule has 3 aromatic heterocycles. The summed E-state index contributed by atoms with van der Waals surface area (Å²) in [5.41, 5.74) is 2.45. The van der Waals surface area contributed by atoms with Crippen molar-refractivity contribution >= 4 is 45.0 Å². The van der Waals surface area contributed by atoms with Crippen molar-refractivity contribution in [2.75, 3.05) is 5.75 Å². The molecule has 0 bridgehead atoms. The minimum absolute atomic E-state index is 0.00186. The number of thiophene rings is 1. The van der Waals surface area contributed by atoms with Crippen LogP contribution in [0.5, 0.6) is 0 Å². The van der Waals surface area contributed by atoms with Crippen molar-refractivity contribution in [3.8, 4) is 5.69 Å². The molecular weight excluding hydrogens is 530 g/mol. The van der Waals surface area contributed by atoms with E-state index in [2.05, 4.69) is 27.6 Å². The Morgan fingerprint density at radius 2 is 1.85 bits per heavy atom. The summed E-state index contributed by atoms with van der Waals surface area (Å²) in [6.45, 7) is 6.56. The van der Waals surface area contributed by atoms with Crippen LogP contribution in [0.1, 0.15) is 36.8 Å². The summed E-state index contributed by atoms with van der Waals surface area (Å²) >= 11 is 2.86. The van der Waals surface area contributed by atoms with E-state index in [4.69, 9.17) is 4.74 Å². The smallest absolute Gasteiger partial charge is 0.268 e. The van der Waals surface area contributed by atoms with Gasteiger partial charge < -0.3 is 10.1 Å². The standard InChI is InChI=1S/C29H29N5O3S2/c1-18(14-19-10-6-4-7-11-19)30-23(35)17-38-28-32-31-27-33(20-12-8-5-9-13-20)25(36)24-21-15-29(2,3)37-16-22(21)39-26(24)34(27)28/h4-13,18H,14-17H2,1-3H3,(H,30,35)/t18-/m0/s1. The minimum atomic E-state index is -0.362. The maximum absolute atomic E-state index is 14.0. The molecule has 0 spiro atoms. The Morgan fingerprint density at radius 3 is 2.59 bits per heavy atom. The summed E-state index contributed by atoms with van der Waals surface area (Å²) in [4.78, 5) is 28.7. The Kier molecular flexibility index (Phi) is 6.78. The van der Waals surface area contributed by atoms with Gasteiger partial charge in [-0.15, -0.1) is 21.5 Å². The largest absolute Gasteiger partial charge is 0.370 e. The van der Waals surface area contributed by atoms with Crippen LogP contribution in [-0.4, -0.2) is 42.5 Å². The fraction of sp³-hybridized carbons (Fsp3) is 0.310. The third-order valence-corrected chi connectivity index (χ3v) is 8.96. The molecule has 6 rings (SSSR count). The van der Waals surface area contributed by atoms with E-state index >= 15 is 0 Å². The van der Waals surface area contributed by atoms with Crippen LogP contribution in [0.3, 0.4) is 0 Å². The highest BCUT2D eigenvalue weighted by Gasteiger charge is 2.32. The molecule has 10 heteroatoms. The average Bonchev–Trinajstić information content (AvgIpc) is 3.49. The predicted octanol–water partition coefficient (Wildman–Crippen LogP) is 4.79. The molecule has 39 heavy (non-hydrogen) atoms. The predicted molar refractivity (Wildman–Crippen MR) is 155 cm³/mol. The third-order valence-electron chi connectivity index (χ3n) is 6.84. The monoisotopic (exact) mass is 559 g/mol. The van der Waals surface area contributed by atoms with Crippen molar-refractivity contribution < 1.29 is 9.53 Å². The summed E-state index contributed by atoms with van der Waals surface area (Å²) in [6, 6.07) is 19.6. The molecule has 1 amide bonds. The van der Waals surface area contributed by atoms with Gasteiger partial charge in [0.25, 0.3) is 5.56 Å². The molecule has 4 heterocycles. The lowest BCUT2D eigenvalue weighted by Gasteiger charge is -2.29. The maximum atomic E-state index is 14.0. The SMILES string of the molecule is C[C@@H](Cc1ccccc1)NC(=O)CSc1nnc2n(-c3ccccc3)c(=O)c3c4c(sc3n12)COC(C)(C)C4. The number of rotatable bonds is 7. The fourth-order valence-corrected chi connectivity index (χ4v) is 7.10. The first-order valence-electron chi connectivity index (χ1n) is 12.9. The van der Waals surface area contributed by atoms with Gasteiger partial charge in [-0.2, -0.15) is 0 Å². The number of ether oxygens (including phenoxy) is 1. The Hall–Kier alpha value is -3.47. The number of fused-ring (bicyclic) bond motifs is 5. The van der Waals surface area contributed by atoms with Gasteiger partial charge in [-0.25, -0.2) is 8.97 Å². The van der Waals surface area contributed by atoms with Crippen LogP contribution >= 0.6 is 23.1 Å². The van der Waals surface area contributed by atoms with E-state index in [-0.39, 0.29) is 28.9 Å². The van der Waals surface area contributed by atoms with E-state index in [9.17, 15) is 9.59 Å². The molecule has 0 saturated carbocycles. The number of nitrogens with one attached hydrogen (secondary N) is 1. The highest BCUT2D eigenvalue weighted by molar-refractivity contribution is 7.99. The van der Waals surface area contributed by atoms with Crippen molar-refractivity contribution in [1.82, 2.24) is 24.5 Å². The van der Waals surface area contributed by atoms with Crippen LogP contribution in [-0.2, 0) is 29.0 Å². The highest BCUT2D eigenvalue weighted by Crippen LogP contribution is 2.39. The topological polar surface area (TPSA) is 90.5 Å². The molecule has 1 aliphatic rings. The fourth-order valence-electron chi connectivity index (χ4n) is 5.07. The molecule has 0 unspecified atom stereocenters. The third kappa shape index (κ3) is 4.99. The first kappa shape index (κ1) is 25.8. The van der Waals surface area contributed by atoms with E-state index < -0.39 is 0 Å². The number of aromatic nitrogens is 4. The Labute approximate surface area is 234 Å². The lowest BCUT2D eigenvalue weighted by molar-refractivity contribution is -0.119. The van der Waals surface area contributed by atoms with Crippen LogP contribution in [0.15, 0.2) is 70.6 Å². The van der Waals surface area contributed by atoms with E-state index in [0.717, 1.165) is 27.4 Å². The summed E-state index contributed by atoms with van der Waals surface area (Å²) in [5, 5.41) is 13.2. The second-order valence-corrected chi connectivity index (χ2v) is 12.5. The Morgan fingerprint density at radius 1 is 1.13 bits per heavy atom. The second-order valence-electron chi connectivity index (χ2n) is 10.5. The van der Waals surface area contributed by atoms with E-state index in [1.807, 2.05) is 73.7 Å². The zero-order valence-electron chi connectivity index (χ0n) is 22.0. The number of carbonyl (C=O) groups is 1. The Balaban J connectivity index is 1.37. The first-order chi connectivity index (χ1) is 18.8.